The highest BCUT2D eigenvalue weighted by Crippen LogP contribution is 2.21. The Morgan fingerprint density at radius 1 is 1.07 bits per heavy atom. The molecule has 0 N–H and O–H groups in total. The maximum absolute atomic E-state index is 12.7. The topological polar surface area (TPSA) is 70.7 Å². The summed E-state index contributed by atoms with van der Waals surface area (Å²) in [5.41, 5.74) is 2.69. The minimum absolute atomic E-state index is 0.159. The molecule has 140 valence electrons. The van der Waals surface area contributed by atoms with Crippen molar-refractivity contribution in [2.24, 2.45) is 0 Å². The lowest BCUT2D eigenvalue weighted by molar-refractivity contribution is 0.0594. The van der Waals surface area contributed by atoms with Gasteiger partial charge in [0.05, 0.1) is 19.9 Å². The number of hydrogen-bond acceptors (Lipinski definition) is 5. The van der Waals surface area contributed by atoms with E-state index < -0.39 is 5.97 Å². The number of aryl methyl sites for hydroxylation is 1. The Balaban J connectivity index is 1.75. The summed E-state index contributed by atoms with van der Waals surface area (Å²) >= 11 is 0. The van der Waals surface area contributed by atoms with E-state index in [0.717, 1.165) is 17.1 Å². The van der Waals surface area contributed by atoms with Crippen LogP contribution in [0.2, 0.25) is 0 Å². The van der Waals surface area contributed by atoms with Crippen molar-refractivity contribution in [2.45, 2.75) is 20.4 Å². The molecule has 2 aromatic heterocycles. The molecule has 0 saturated carbocycles. The number of carbonyl (C=O) groups is 2. The van der Waals surface area contributed by atoms with Crippen molar-refractivity contribution < 1.29 is 23.5 Å². The minimum atomic E-state index is -0.505. The van der Waals surface area contributed by atoms with Crippen molar-refractivity contribution in [3.8, 4) is 5.75 Å². The van der Waals surface area contributed by atoms with E-state index in [1.807, 2.05) is 36.6 Å². The molecule has 0 spiro atoms. The van der Waals surface area contributed by atoms with Crippen LogP contribution in [-0.4, -0.2) is 30.0 Å². The molecule has 0 unspecified atom stereocenters. The third-order valence-corrected chi connectivity index (χ3v) is 4.42. The number of para-hydroxylation sites is 1. The predicted molar refractivity (Wildman–Crippen MR) is 99.3 cm³/mol. The van der Waals surface area contributed by atoms with Gasteiger partial charge in [-0.25, -0.2) is 4.79 Å². The maximum Gasteiger partial charge on any atom is 0.341 e. The van der Waals surface area contributed by atoms with Crippen molar-refractivity contribution in [1.82, 2.24) is 4.57 Å². The molecule has 0 saturated heterocycles. The average molecular weight is 367 g/mol. The van der Waals surface area contributed by atoms with Crippen LogP contribution in [0.5, 0.6) is 5.75 Å². The molecule has 6 nitrogen and oxygen atoms in total. The summed E-state index contributed by atoms with van der Waals surface area (Å²) in [6, 6.07) is 12.3. The highest BCUT2D eigenvalue weighted by Gasteiger charge is 2.18. The molecule has 0 aliphatic heterocycles. The number of carbonyl (C=O) groups excluding carboxylic acids is 2. The van der Waals surface area contributed by atoms with Crippen LogP contribution in [0.3, 0.4) is 0 Å². The summed E-state index contributed by atoms with van der Waals surface area (Å²) in [7, 11) is 1.30. The number of Topliss-reactive ketones (excluding diaryl/α,β-unsaturated/α-hetero) is 1. The van der Waals surface area contributed by atoms with Crippen molar-refractivity contribution in [1.29, 1.82) is 0 Å². The van der Waals surface area contributed by atoms with Crippen molar-refractivity contribution >= 4 is 11.8 Å². The predicted octanol–water partition coefficient (Wildman–Crippen LogP) is 3.79. The Hall–Kier alpha value is -3.28. The Morgan fingerprint density at radius 3 is 2.56 bits per heavy atom. The number of esters is 1. The molecule has 0 amide bonds. The molecule has 0 bridgehead atoms. The molecular formula is C21H21NO5. The number of hydrogen-bond donors (Lipinski definition) is 0. The second kappa shape index (κ2) is 7.95. The molecule has 0 fully saturated rings. The van der Waals surface area contributed by atoms with E-state index in [9.17, 15) is 9.59 Å². The summed E-state index contributed by atoms with van der Waals surface area (Å²) in [5, 5.41) is 0. The van der Waals surface area contributed by atoms with Gasteiger partial charge in [0.1, 0.15) is 17.1 Å². The molecule has 2 heterocycles. The van der Waals surface area contributed by atoms with Gasteiger partial charge in [0.25, 0.3) is 0 Å². The van der Waals surface area contributed by atoms with Crippen LogP contribution in [0.4, 0.5) is 0 Å². The standard InChI is InChI=1S/C21H21NO5/c1-14-11-18(15(2)22(14)12-16-7-6-10-26-16)19(23)13-27-20-9-5-4-8-17(20)21(24)25-3/h4-11H,12-13H2,1-3H3. The molecule has 0 atom stereocenters. The maximum atomic E-state index is 12.7. The first-order valence-electron chi connectivity index (χ1n) is 8.53. The lowest BCUT2D eigenvalue weighted by Crippen LogP contribution is -2.15. The zero-order valence-electron chi connectivity index (χ0n) is 15.5. The van der Waals surface area contributed by atoms with Crippen LogP contribution in [0.25, 0.3) is 0 Å². The number of rotatable bonds is 7. The second-order valence-electron chi connectivity index (χ2n) is 6.15. The Morgan fingerprint density at radius 2 is 1.85 bits per heavy atom. The number of furan rings is 1. The molecule has 3 aromatic rings. The quantitative estimate of drug-likeness (QED) is 0.469. The number of benzene rings is 1. The van der Waals surface area contributed by atoms with Crippen LogP contribution in [0.15, 0.2) is 53.1 Å². The Bertz CT molecular complexity index is 953. The smallest absolute Gasteiger partial charge is 0.341 e. The molecule has 0 aliphatic rings. The highest BCUT2D eigenvalue weighted by atomic mass is 16.5. The Labute approximate surface area is 157 Å². The van der Waals surface area contributed by atoms with Gasteiger partial charge in [-0.05, 0) is 44.2 Å². The van der Waals surface area contributed by atoms with E-state index >= 15 is 0 Å². The highest BCUT2D eigenvalue weighted by molar-refractivity contribution is 5.99. The van der Waals surface area contributed by atoms with E-state index in [1.54, 1.807) is 30.5 Å². The van der Waals surface area contributed by atoms with Gasteiger partial charge in [-0.3, -0.25) is 4.79 Å². The van der Waals surface area contributed by atoms with Crippen LogP contribution in [-0.2, 0) is 11.3 Å². The van der Waals surface area contributed by atoms with Crippen molar-refractivity contribution in [2.75, 3.05) is 13.7 Å². The summed E-state index contributed by atoms with van der Waals surface area (Å²) in [4.78, 5) is 24.5. The van der Waals surface area contributed by atoms with E-state index in [0.29, 0.717) is 17.9 Å². The first-order chi connectivity index (χ1) is 13.0. The van der Waals surface area contributed by atoms with E-state index in [-0.39, 0.29) is 18.0 Å². The molecular weight excluding hydrogens is 346 g/mol. The zero-order valence-corrected chi connectivity index (χ0v) is 15.5. The fourth-order valence-electron chi connectivity index (χ4n) is 2.98. The first-order valence-corrected chi connectivity index (χ1v) is 8.53. The SMILES string of the molecule is COC(=O)c1ccccc1OCC(=O)c1cc(C)n(Cc2ccco2)c1C. The fraction of sp³-hybridized carbons (Fsp3) is 0.238. The van der Waals surface area contributed by atoms with Gasteiger partial charge in [-0.15, -0.1) is 0 Å². The van der Waals surface area contributed by atoms with Crippen LogP contribution in [0, 0.1) is 13.8 Å². The van der Waals surface area contributed by atoms with Gasteiger partial charge in [0.15, 0.2) is 6.61 Å². The van der Waals surface area contributed by atoms with E-state index in [1.165, 1.54) is 7.11 Å². The minimum Gasteiger partial charge on any atom is -0.485 e. The van der Waals surface area contributed by atoms with Crippen molar-refractivity contribution in [3.05, 3.63) is 77.0 Å². The molecule has 6 heteroatoms. The van der Waals surface area contributed by atoms with Gasteiger partial charge >= 0.3 is 5.97 Å². The molecule has 0 aliphatic carbocycles. The third kappa shape index (κ3) is 3.95. The molecule has 3 rings (SSSR count). The normalized spacial score (nSPS) is 10.6. The number of ketones is 1. The van der Waals surface area contributed by atoms with Gasteiger partial charge in [0.2, 0.25) is 5.78 Å². The van der Waals surface area contributed by atoms with E-state index in [2.05, 4.69) is 0 Å². The van der Waals surface area contributed by atoms with Gasteiger partial charge < -0.3 is 18.5 Å². The summed E-state index contributed by atoms with van der Waals surface area (Å²) < 4.78 is 17.8. The molecule has 1 aromatic carbocycles. The van der Waals surface area contributed by atoms with Crippen LogP contribution in [0.1, 0.15) is 37.9 Å². The molecule has 27 heavy (non-hydrogen) atoms. The first kappa shape index (κ1) is 18.5. The lowest BCUT2D eigenvalue weighted by Gasteiger charge is -2.10. The Kier molecular flexibility index (Phi) is 5.45. The fourth-order valence-corrected chi connectivity index (χ4v) is 2.98. The molecule has 0 radical (unpaired) electrons. The summed E-state index contributed by atoms with van der Waals surface area (Å²) in [5.74, 6) is 0.476. The van der Waals surface area contributed by atoms with Crippen LogP contribution >= 0.6 is 0 Å². The summed E-state index contributed by atoms with van der Waals surface area (Å²) in [6.07, 6.45) is 1.63. The number of aromatic nitrogens is 1. The van der Waals surface area contributed by atoms with Gasteiger partial charge in [-0.1, -0.05) is 12.1 Å². The number of methoxy groups -OCH3 is 1. The number of ether oxygens (including phenoxy) is 2. The van der Waals surface area contributed by atoms with Gasteiger partial charge in [0, 0.05) is 17.0 Å². The van der Waals surface area contributed by atoms with Crippen LogP contribution < -0.4 is 4.74 Å². The van der Waals surface area contributed by atoms with E-state index in [4.69, 9.17) is 13.9 Å². The second-order valence-corrected chi connectivity index (χ2v) is 6.15. The average Bonchev–Trinajstić information content (AvgIpc) is 3.29. The lowest BCUT2D eigenvalue weighted by atomic mass is 10.1. The zero-order chi connectivity index (χ0) is 19.4. The van der Waals surface area contributed by atoms with Crippen molar-refractivity contribution in [3.63, 3.8) is 0 Å². The monoisotopic (exact) mass is 367 g/mol. The van der Waals surface area contributed by atoms with Gasteiger partial charge in [-0.2, -0.15) is 0 Å². The third-order valence-electron chi connectivity index (χ3n) is 4.42. The largest absolute Gasteiger partial charge is 0.485 e. The summed E-state index contributed by atoms with van der Waals surface area (Å²) in [6.45, 7) is 4.23. The number of nitrogens with zero attached hydrogens (tertiary/aromatic N) is 1.